The number of nitro groups is 1. The van der Waals surface area contributed by atoms with Crippen molar-refractivity contribution in [3.05, 3.63) is 39.9 Å². The highest BCUT2D eigenvalue weighted by molar-refractivity contribution is 5.96. The summed E-state index contributed by atoms with van der Waals surface area (Å²) in [5.74, 6) is -1.85. The smallest absolute Gasteiger partial charge is 0.270 e. The van der Waals surface area contributed by atoms with Crippen molar-refractivity contribution < 1.29 is 19.3 Å². The fourth-order valence-electron chi connectivity index (χ4n) is 1.78. The lowest BCUT2D eigenvalue weighted by Crippen LogP contribution is -2.54. The molecule has 0 spiro atoms. The van der Waals surface area contributed by atoms with Crippen molar-refractivity contribution in [2.24, 2.45) is 5.92 Å². The zero-order valence-corrected chi connectivity index (χ0v) is 13.0. The van der Waals surface area contributed by atoms with Gasteiger partial charge in [-0.25, -0.2) is 0 Å². The molecule has 1 aromatic carbocycles. The Morgan fingerprint density at radius 2 is 1.83 bits per heavy atom. The number of hydrogen-bond donors (Lipinski definition) is 3. The number of nitrogens with zero attached hydrogens (tertiary/aromatic N) is 1. The normalized spacial score (nSPS) is 11.5. The zero-order chi connectivity index (χ0) is 17.6. The molecule has 124 valence electrons. The van der Waals surface area contributed by atoms with Crippen molar-refractivity contribution >= 4 is 23.4 Å². The van der Waals surface area contributed by atoms with Crippen LogP contribution in [0.4, 0.5) is 5.69 Å². The number of carbonyl (C=O) groups is 3. The molecule has 9 heteroatoms. The lowest BCUT2D eigenvalue weighted by molar-refractivity contribution is -0.384. The Hall–Kier alpha value is -2.97. The third-order valence-electron chi connectivity index (χ3n) is 2.93. The summed E-state index contributed by atoms with van der Waals surface area (Å²) in [5.41, 5.74) is 4.15. The highest BCUT2D eigenvalue weighted by Gasteiger charge is 2.23. The predicted molar refractivity (Wildman–Crippen MR) is 81.1 cm³/mol. The molecule has 0 bridgehead atoms. The summed E-state index contributed by atoms with van der Waals surface area (Å²) in [6.07, 6.45) is 0. The Bertz CT molecular complexity index is 629. The van der Waals surface area contributed by atoms with E-state index >= 15 is 0 Å². The van der Waals surface area contributed by atoms with Crippen molar-refractivity contribution in [2.75, 3.05) is 0 Å². The first-order chi connectivity index (χ1) is 10.7. The van der Waals surface area contributed by atoms with Gasteiger partial charge >= 0.3 is 0 Å². The molecule has 0 radical (unpaired) electrons. The molecular formula is C14H18N4O5. The van der Waals surface area contributed by atoms with E-state index < -0.39 is 22.8 Å². The number of non-ortho nitro benzene ring substituents is 1. The number of benzene rings is 1. The van der Waals surface area contributed by atoms with Crippen LogP contribution in [0.2, 0.25) is 0 Å². The molecule has 0 unspecified atom stereocenters. The number of nitro benzene ring substituents is 1. The fraction of sp³-hybridized carbons (Fsp3) is 0.357. The molecule has 0 heterocycles. The van der Waals surface area contributed by atoms with Gasteiger partial charge in [0.25, 0.3) is 17.5 Å². The second kappa shape index (κ2) is 7.87. The van der Waals surface area contributed by atoms with Crippen molar-refractivity contribution in [3.8, 4) is 0 Å². The third-order valence-corrected chi connectivity index (χ3v) is 2.93. The van der Waals surface area contributed by atoms with Crippen molar-refractivity contribution in [1.82, 2.24) is 16.2 Å². The summed E-state index contributed by atoms with van der Waals surface area (Å²) in [5, 5.41) is 13.1. The quantitative estimate of drug-likeness (QED) is 0.537. The molecule has 0 saturated carbocycles. The summed E-state index contributed by atoms with van der Waals surface area (Å²) in [6, 6.07) is 4.28. The van der Waals surface area contributed by atoms with Gasteiger partial charge in [-0.2, -0.15) is 0 Å². The molecule has 23 heavy (non-hydrogen) atoms. The molecule has 1 rings (SSSR count). The number of carbonyl (C=O) groups excluding carboxylic acids is 3. The van der Waals surface area contributed by atoms with E-state index in [1.54, 1.807) is 13.8 Å². The minimum absolute atomic E-state index is 0.0279. The lowest BCUT2D eigenvalue weighted by Gasteiger charge is -2.20. The van der Waals surface area contributed by atoms with E-state index in [0.29, 0.717) is 0 Å². The van der Waals surface area contributed by atoms with Gasteiger partial charge in [0.05, 0.1) is 4.92 Å². The van der Waals surface area contributed by atoms with Gasteiger partial charge in [0.2, 0.25) is 5.91 Å². The number of amides is 3. The number of rotatable bonds is 5. The largest absolute Gasteiger partial charge is 0.344 e. The van der Waals surface area contributed by atoms with Crippen LogP contribution in [0.3, 0.4) is 0 Å². The third kappa shape index (κ3) is 5.38. The minimum Gasteiger partial charge on any atom is -0.344 e. The van der Waals surface area contributed by atoms with Gasteiger partial charge in [-0.15, -0.1) is 0 Å². The Morgan fingerprint density at radius 1 is 1.17 bits per heavy atom. The first-order valence-electron chi connectivity index (χ1n) is 6.84. The Balaban J connectivity index is 2.71. The Kier molecular flexibility index (Phi) is 6.19. The van der Waals surface area contributed by atoms with Gasteiger partial charge in [-0.1, -0.05) is 19.9 Å². The number of nitrogens with one attached hydrogen (secondary N) is 3. The molecule has 0 aromatic heterocycles. The zero-order valence-electron chi connectivity index (χ0n) is 13.0. The van der Waals surface area contributed by atoms with Gasteiger partial charge in [-0.05, 0) is 12.0 Å². The van der Waals surface area contributed by atoms with Crippen LogP contribution in [0.5, 0.6) is 0 Å². The molecule has 1 aromatic rings. The van der Waals surface area contributed by atoms with Crippen LogP contribution in [0.15, 0.2) is 24.3 Å². The summed E-state index contributed by atoms with van der Waals surface area (Å²) >= 11 is 0. The summed E-state index contributed by atoms with van der Waals surface area (Å²) in [4.78, 5) is 45.0. The van der Waals surface area contributed by atoms with E-state index in [0.717, 1.165) is 6.07 Å². The molecule has 0 aliphatic heterocycles. The number of hydrogen-bond acceptors (Lipinski definition) is 5. The van der Waals surface area contributed by atoms with E-state index in [1.165, 1.54) is 25.1 Å². The first kappa shape index (κ1) is 18.1. The summed E-state index contributed by atoms with van der Waals surface area (Å²) < 4.78 is 0. The molecule has 0 fully saturated rings. The van der Waals surface area contributed by atoms with Gasteiger partial charge < -0.3 is 5.32 Å². The molecule has 1 atom stereocenters. The maximum Gasteiger partial charge on any atom is 0.270 e. The Labute approximate surface area is 132 Å². The molecule has 9 nitrogen and oxygen atoms in total. The maximum absolute atomic E-state index is 12.0. The van der Waals surface area contributed by atoms with Crippen LogP contribution in [0, 0.1) is 16.0 Å². The highest BCUT2D eigenvalue weighted by Crippen LogP contribution is 2.12. The second-order valence-corrected chi connectivity index (χ2v) is 5.17. The van der Waals surface area contributed by atoms with Gasteiger partial charge in [0, 0.05) is 24.6 Å². The highest BCUT2D eigenvalue weighted by atomic mass is 16.6. The first-order valence-corrected chi connectivity index (χ1v) is 6.84. The average molecular weight is 322 g/mol. The standard InChI is InChI=1S/C14H18N4O5/c1-8(2)12(15-9(3)19)14(21)17-16-13(20)10-5-4-6-11(7-10)18(22)23/h4-8,12H,1-3H3,(H,15,19)(H,16,20)(H,17,21)/t12-/m0/s1. The van der Waals surface area contributed by atoms with Crippen LogP contribution >= 0.6 is 0 Å². The van der Waals surface area contributed by atoms with E-state index in [1.807, 2.05) is 0 Å². The van der Waals surface area contributed by atoms with Crippen molar-refractivity contribution in [1.29, 1.82) is 0 Å². The number of hydrazine groups is 1. The molecular weight excluding hydrogens is 304 g/mol. The minimum atomic E-state index is -0.807. The van der Waals surface area contributed by atoms with Crippen LogP contribution in [0.25, 0.3) is 0 Å². The Morgan fingerprint density at radius 3 is 2.35 bits per heavy atom. The van der Waals surface area contributed by atoms with E-state index in [2.05, 4.69) is 16.2 Å². The van der Waals surface area contributed by atoms with E-state index in [9.17, 15) is 24.5 Å². The van der Waals surface area contributed by atoms with Crippen molar-refractivity contribution in [2.45, 2.75) is 26.8 Å². The molecule has 0 saturated heterocycles. The van der Waals surface area contributed by atoms with Gasteiger partial charge in [0.15, 0.2) is 0 Å². The maximum atomic E-state index is 12.0. The predicted octanol–water partition coefficient (Wildman–Crippen LogP) is 0.516. The van der Waals surface area contributed by atoms with E-state index in [4.69, 9.17) is 0 Å². The summed E-state index contributed by atoms with van der Waals surface area (Å²) in [6.45, 7) is 4.76. The molecule has 3 N–H and O–H groups in total. The van der Waals surface area contributed by atoms with Crippen LogP contribution in [-0.4, -0.2) is 28.7 Å². The molecule has 0 aliphatic rings. The monoisotopic (exact) mass is 322 g/mol. The van der Waals surface area contributed by atoms with Gasteiger partial charge in [0.1, 0.15) is 6.04 Å². The van der Waals surface area contributed by atoms with Crippen LogP contribution < -0.4 is 16.2 Å². The summed E-state index contributed by atoms with van der Waals surface area (Å²) in [7, 11) is 0. The topological polar surface area (TPSA) is 130 Å². The molecule has 3 amide bonds. The average Bonchev–Trinajstić information content (AvgIpc) is 2.49. The lowest BCUT2D eigenvalue weighted by atomic mass is 10.0. The van der Waals surface area contributed by atoms with Gasteiger partial charge in [-0.3, -0.25) is 35.3 Å². The van der Waals surface area contributed by atoms with Crippen LogP contribution in [-0.2, 0) is 9.59 Å². The fourth-order valence-corrected chi connectivity index (χ4v) is 1.78. The van der Waals surface area contributed by atoms with Crippen LogP contribution in [0.1, 0.15) is 31.1 Å². The molecule has 0 aliphatic carbocycles. The SMILES string of the molecule is CC(=O)N[C@H](C(=O)NNC(=O)c1cccc([N+](=O)[O-])c1)C(C)C. The van der Waals surface area contributed by atoms with Crippen molar-refractivity contribution in [3.63, 3.8) is 0 Å². The second-order valence-electron chi connectivity index (χ2n) is 5.17. The van der Waals surface area contributed by atoms with E-state index in [-0.39, 0.29) is 23.1 Å².